The molecule has 0 unspecified atom stereocenters. The van der Waals surface area contributed by atoms with Crippen molar-refractivity contribution in [1.29, 1.82) is 0 Å². The third-order valence-corrected chi connectivity index (χ3v) is 3.30. The van der Waals surface area contributed by atoms with E-state index in [-0.39, 0.29) is 12.1 Å². The third-order valence-electron chi connectivity index (χ3n) is 3.30. The molecule has 0 heterocycles. The van der Waals surface area contributed by atoms with E-state index in [9.17, 15) is 4.79 Å². The molecule has 4 nitrogen and oxygen atoms in total. The Bertz CT molecular complexity index is 666. The molecular weight excluding hydrogens is 276 g/mol. The summed E-state index contributed by atoms with van der Waals surface area (Å²) in [5.41, 5.74) is 10.1. The molecule has 22 heavy (non-hydrogen) atoms. The van der Waals surface area contributed by atoms with E-state index in [0.29, 0.717) is 11.3 Å². The van der Waals surface area contributed by atoms with Crippen LogP contribution in [0.15, 0.2) is 42.5 Å². The van der Waals surface area contributed by atoms with E-state index >= 15 is 0 Å². The van der Waals surface area contributed by atoms with Gasteiger partial charge in [-0.05, 0) is 50.1 Å². The molecule has 0 saturated heterocycles. The number of hydrogen-bond acceptors (Lipinski definition) is 4. The summed E-state index contributed by atoms with van der Waals surface area (Å²) >= 11 is 0. The molecule has 0 atom stereocenters. The van der Waals surface area contributed by atoms with E-state index < -0.39 is 0 Å². The second kappa shape index (κ2) is 6.98. The van der Waals surface area contributed by atoms with Crippen LogP contribution in [0.25, 0.3) is 0 Å². The summed E-state index contributed by atoms with van der Waals surface area (Å²) < 4.78 is 5.17. The summed E-state index contributed by atoms with van der Waals surface area (Å²) in [4.78, 5) is 11.9. The van der Waals surface area contributed by atoms with Gasteiger partial charge in [-0.3, -0.25) is 0 Å². The van der Waals surface area contributed by atoms with Gasteiger partial charge >= 0.3 is 5.97 Å². The van der Waals surface area contributed by atoms with Crippen molar-refractivity contribution in [2.75, 3.05) is 11.1 Å². The van der Waals surface area contributed by atoms with Crippen molar-refractivity contribution in [3.63, 3.8) is 0 Å². The molecule has 0 aromatic heterocycles. The lowest BCUT2D eigenvalue weighted by atomic mass is 10.1. The Balaban J connectivity index is 2.21. The maximum Gasteiger partial charge on any atom is 0.338 e. The molecule has 0 aliphatic heterocycles. The number of carbonyl (C=O) groups is 1. The fourth-order valence-electron chi connectivity index (χ4n) is 2.18. The maximum atomic E-state index is 11.9. The molecule has 0 aliphatic rings. The summed E-state index contributed by atoms with van der Waals surface area (Å²) in [5, 5.41) is 3.32. The number of hydrogen-bond donors (Lipinski definition) is 2. The van der Waals surface area contributed by atoms with Crippen LogP contribution in [-0.2, 0) is 11.2 Å². The SMILES string of the molecule is CCc1ccccc1Nc1ccc(C(=O)OC(C)C)cc1N. The van der Waals surface area contributed by atoms with Gasteiger partial charge in [0.25, 0.3) is 0 Å². The molecule has 0 spiro atoms. The average Bonchev–Trinajstić information content (AvgIpc) is 2.49. The van der Waals surface area contributed by atoms with E-state index in [0.717, 1.165) is 17.8 Å². The quantitative estimate of drug-likeness (QED) is 0.643. The molecule has 3 N–H and O–H groups in total. The topological polar surface area (TPSA) is 64.3 Å². The van der Waals surface area contributed by atoms with E-state index in [1.54, 1.807) is 18.2 Å². The van der Waals surface area contributed by atoms with Crippen molar-refractivity contribution >= 4 is 23.0 Å². The number of benzene rings is 2. The largest absolute Gasteiger partial charge is 0.459 e. The summed E-state index contributed by atoms with van der Waals surface area (Å²) in [6.45, 7) is 5.74. The fourth-order valence-corrected chi connectivity index (χ4v) is 2.18. The van der Waals surface area contributed by atoms with Crippen LogP contribution < -0.4 is 11.1 Å². The predicted molar refractivity (Wildman–Crippen MR) is 90.5 cm³/mol. The van der Waals surface area contributed by atoms with Crippen molar-refractivity contribution in [2.45, 2.75) is 33.3 Å². The molecule has 0 amide bonds. The molecular formula is C18H22N2O2. The minimum atomic E-state index is -0.359. The average molecular weight is 298 g/mol. The number of nitrogen functional groups attached to an aromatic ring is 1. The number of para-hydroxylation sites is 1. The Morgan fingerprint density at radius 2 is 1.91 bits per heavy atom. The van der Waals surface area contributed by atoms with E-state index in [2.05, 4.69) is 18.3 Å². The highest BCUT2D eigenvalue weighted by molar-refractivity contribution is 5.92. The van der Waals surface area contributed by atoms with Crippen LogP contribution >= 0.6 is 0 Å². The van der Waals surface area contributed by atoms with Crippen LogP contribution in [0, 0.1) is 0 Å². The van der Waals surface area contributed by atoms with E-state index in [1.165, 1.54) is 5.56 Å². The van der Waals surface area contributed by atoms with Crippen molar-refractivity contribution in [1.82, 2.24) is 0 Å². The van der Waals surface area contributed by atoms with Gasteiger partial charge in [-0.2, -0.15) is 0 Å². The van der Waals surface area contributed by atoms with Crippen molar-refractivity contribution < 1.29 is 9.53 Å². The number of esters is 1. The Morgan fingerprint density at radius 3 is 2.55 bits per heavy atom. The van der Waals surface area contributed by atoms with Crippen LogP contribution in [0.4, 0.5) is 17.1 Å². The third kappa shape index (κ3) is 3.79. The summed E-state index contributed by atoms with van der Waals surface area (Å²) in [7, 11) is 0. The Labute approximate surface area is 131 Å². The molecule has 2 rings (SSSR count). The molecule has 2 aromatic rings. The lowest BCUT2D eigenvalue weighted by molar-refractivity contribution is 0.0378. The minimum Gasteiger partial charge on any atom is -0.459 e. The first-order valence-electron chi connectivity index (χ1n) is 7.46. The first kappa shape index (κ1) is 15.9. The number of nitrogens with one attached hydrogen (secondary N) is 1. The zero-order chi connectivity index (χ0) is 16.1. The predicted octanol–water partition coefficient (Wildman–Crippen LogP) is 4.14. The highest BCUT2D eigenvalue weighted by Gasteiger charge is 2.11. The molecule has 0 bridgehead atoms. The first-order chi connectivity index (χ1) is 10.5. The number of ether oxygens (including phenoxy) is 1. The van der Waals surface area contributed by atoms with Gasteiger partial charge in [0.15, 0.2) is 0 Å². The maximum absolute atomic E-state index is 11.9. The van der Waals surface area contributed by atoms with E-state index in [4.69, 9.17) is 10.5 Å². The zero-order valence-electron chi connectivity index (χ0n) is 13.2. The molecule has 4 heteroatoms. The normalized spacial score (nSPS) is 10.5. The van der Waals surface area contributed by atoms with Gasteiger partial charge in [-0.1, -0.05) is 25.1 Å². The number of anilines is 3. The lowest BCUT2D eigenvalue weighted by Gasteiger charge is -2.14. The number of carbonyl (C=O) groups excluding carboxylic acids is 1. The molecule has 0 aliphatic carbocycles. The van der Waals surface area contributed by atoms with Crippen molar-refractivity contribution in [3.8, 4) is 0 Å². The monoisotopic (exact) mass is 298 g/mol. The van der Waals surface area contributed by atoms with Gasteiger partial charge in [0.2, 0.25) is 0 Å². The van der Waals surface area contributed by atoms with Crippen molar-refractivity contribution in [2.24, 2.45) is 0 Å². The molecule has 2 aromatic carbocycles. The van der Waals surface area contributed by atoms with Gasteiger partial charge in [0.05, 0.1) is 23.0 Å². The Kier molecular flexibility index (Phi) is 5.04. The first-order valence-corrected chi connectivity index (χ1v) is 7.46. The second-order valence-corrected chi connectivity index (χ2v) is 5.39. The van der Waals surface area contributed by atoms with Crippen LogP contribution in [0.1, 0.15) is 36.7 Å². The van der Waals surface area contributed by atoms with Gasteiger partial charge in [-0.15, -0.1) is 0 Å². The summed E-state index contributed by atoms with van der Waals surface area (Å²) in [6, 6.07) is 13.2. The second-order valence-electron chi connectivity index (χ2n) is 5.39. The number of nitrogens with two attached hydrogens (primary N) is 1. The zero-order valence-corrected chi connectivity index (χ0v) is 13.2. The van der Waals surface area contributed by atoms with Gasteiger partial charge in [0.1, 0.15) is 0 Å². The Morgan fingerprint density at radius 1 is 1.18 bits per heavy atom. The smallest absolute Gasteiger partial charge is 0.338 e. The molecule has 116 valence electrons. The van der Waals surface area contributed by atoms with Crippen LogP contribution in [0.3, 0.4) is 0 Å². The lowest BCUT2D eigenvalue weighted by Crippen LogP contribution is -2.12. The van der Waals surface area contributed by atoms with Crippen LogP contribution in [-0.4, -0.2) is 12.1 Å². The van der Waals surface area contributed by atoms with Crippen LogP contribution in [0.5, 0.6) is 0 Å². The molecule has 0 saturated carbocycles. The van der Waals surface area contributed by atoms with Gasteiger partial charge in [-0.25, -0.2) is 4.79 Å². The van der Waals surface area contributed by atoms with Crippen molar-refractivity contribution in [3.05, 3.63) is 53.6 Å². The van der Waals surface area contributed by atoms with Gasteiger partial charge < -0.3 is 15.8 Å². The number of aryl methyl sites for hydroxylation is 1. The highest BCUT2D eigenvalue weighted by atomic mass is 16.5. The molecule has 0 fully saturated rings. The number of rotatable bonds is 5. The summed E-state index contributed by atoms with van der Waals surface area (Å²) in [5.74, 6) is -0.359. The molecule has 0 radical (unpaired) electrons. The standard InChI is InChI=1S/C18H22N2O2/c1-4-13-7-5-6-8-16(13)20-17-10-9-14(11-15(17)19)18(21)22-12(2)3/h5-12,20H,4,19H2,1-3H3. The van der Waals surface area contributed by atoms with E-state index in [1.807, 2.05) is 32.0 Å². The van der Waals surface area contributed by atoms with Crippen LogP contribution in [0.2, 0.25) is 0 Å². The minimum absolute atomic E-state index is 0.150. The highest BCUT2D eigenvalue weighted by Crippen LogP contribution is 2.27. The van der Waals surface area contributed by atoms with Gasteiger partial charge in [0, 0.05) is 5.69 Å². The Hall–Kier alpha value is -2.49. The summed E-state index contributed by atoms with van der Waals surface area (Å²) in [6.07, 6.45) is 0.782. The fraction of sp³-hybridized carbons (Fsp3) is 0.278.